The molecule has 3 unspecified atom stereocenters. The molecule has 0 aromatic carbocycles. The minimum atomic E-state index is -0.311. The molecular formula is C11H22O5. The Hall–Kier alpha value is -0.650. The summed E-state index contributed by atoms with van der Waals surface area (Å²) in [5.74, 6) is -0.311. The van der Waals surface area contributed by atoms with Crippen molar-refractivity contribution in [3.63, 3.8) is 0 Å². The van der Waals surface area contributed by atoms with Gasteiger partial charge < -0.3 is 19.3 Å². The second kappa shape index (κ2) is 8.50. The molecule has 0 aliphatic rings. The van der Waals surface area contributed by atoms with Crippen LogP contribution in [0.3, 0.4) is 0 Å². The van der Waals surface area contributed by atoms with Gasteiger partial charge in [0.05, 0.1) is 32.0 Å². The van der Waals surface area contributed by atoms with Crippen molar-refractivity contribution in [2.45, 2.75) is 46.0 Å². The van der Waals surface area contributed by atoms with Gasteiger partial charge >= 0.3 is 5.97 Å². The van der Waals surface area contributed by atoms with Crippen LogP contribution in [-0.4, -0.2) is 49.2 Å². The maximum atomic E-state index is 10.6. The monoisotopic (exact) mass is 234 g/mol. The molecule has 16 heavy (non-hydrogen) atoms. The normalized spacial score (nSPS) is 16.6. The quantitative estimate of drug-likeness (QED) is 0.627. The summed E-state index contributed by atoms with van der Waals surface area (Å²) < 4.78 is 15.6. The Balaban J connectivity index is 3.56. The van der Waals surface area contributed by atoms with Crippen LogP contribution >= 0.6 is 0 Å². The van der Waals surface area contributed by atoms with E-state index in [1.54, 1.807) is 13.8 Å². The fraction of sp³-hybridized carbons (Fsp3) is 0.909. The summed E-state index contributed by atoms with van der Waals surface area (Å²) in [6.45, 7) is 7.54. The molecule has 0 radical (unpaired) electrons. The van der Waals surface area contributed by atoms with Crippen LogP contribution in [0, 0.1) is 0 Å². The van der Waals surface area contributed by atoms with E-state index in [9.17, 15) is 4.79 Å². The third-order valence-electron chi connectivity index (χ3n) is 1.86. The van der Waals surface area contributed by atoms with Crippen LogP contribution in [0.4, 0.5) is 0 Å². The first kappa shape index (κ1) is 15.3. The van der Waals surface area contributed by atoms with E-state index in [1.807, 2.05) is 6.92 Å². The Morgan fingerprint density at radius 3 is 2.06 bits per heavy atom. The number of hydrogen-bond donors (Lipinski definition) is 1. The van der Waals surface area contributed by atoms with Crippen molar-refractivity contribution in [3.05, 3.63) is 0 Å². The molecule has 0 amide bonds. The molecule has 0 aliphatic carbocycles. The van der Waals surface area contributed by atoms with Crippen molar-refractivity contribution in [3.8, 4) is 0 Å². The van der Waals surface area contributed by atoms with Crippen molar-refractivity contribution >= 4 is 5.97 Å². The van der Waals surface area contributed by atoms with E-state index in [-0.39, 0.29) is 30.9 Å². The van der Waals surface area contributed by atoms with Crippen LogP contribution in [0.15, 0.2) is 0 Å². The molecule has 3 atom stereocenters. The van der Waals surface area contributed by atoms with E-state index >= 15 is 0 Å². The van der Waals surface area contributed by atoms with Crippen LogP contribution in [-0.2, 0) is 19.0 Å². The fourth-order valence-corrected chi connectivity index (χ4v) is 1.02. The summed E-state index contributed by atoms with van der Waals surface area (Å²) in [4.78, 5) is 10.6. The van der Waals surface area contributed by atoms with Crippen molar-refractivity contribution in [2.75, 3.05) is 19.8 Å². The summed E-state index contributed by atoms with van der Waals surface area (Å²) in [6.07, 6.45) is -0.529. The molecule has 0 aliphatic heterocycles. The highest BCUT2D eigenvalue weighted by Crippen LogP contribution is 1.99. The van der Waals surface area contributed by atoms with Crippen LogP contribution in [0.5, 0.6) is 0 Å². The second-order valence-corrected chi connectivity index (χ2v) is 3.89. The number of aliphatic hydroxyl groups is 1. The lowest BCUT2D eigenvalue weighted by Gasteiger charge is -2.18. The van der Waals surface area contributed by atoms with Crippen molar-refractivity contribution in [1.29, 1.82) is 0 Å². The Morgan fingerprint density at radius 1 is 1.06 bits per heavy atom. The molecule has 0 aromatic rings. The number of hydrogen-bond acceptors (Lipinski definition) is 5. The zero-order chi connectivity index (χ0) is 12.6. The highest BCUT2D eigenvalue weighted by molar-refractivity contribution is 5.66. The van der Waals surface area contributed by atoms with Crippen molar-refractivity contribution in [2.24, 2.45) is 0 Å². The molecule has 5 heteroatoms. The van der Waals surface area contributed by atoms with Gasteiger partial charge in [0.15, 0.2) is 0 Å². The first-order valence-electron chi connectivity index (χ1n) is 5.47. The van der Waals surface area contributed by atoms with Crippen LogP contribution < -0.4 is 0 Å². The number of carbonyl (C=O) groups is 1. The number of ether oxygens (including phenoxy) is 3. The largest absolute Gasteiger partial charge is 0.460 e. The van der Waals surface area contributed by atoms with Gasteiger partial charge in [0.25, 0.3) is 0 Å². The highest BCUT2D eigenvalue weighted by Gasteiger charge is 2.10. The SMILES string of the molecule is CC(=O)OC(C)COC(C)COC(C)CO. The molecule has 0 aromatic heterocycles. The molecule has 0 rings (SSSR count). The standard InChI is InChI=1S/C11H22O5/c1-8(5-12)14-6-9(2)15-7-10(3)16-11(4)13/h8-10,12H,5-7H2,1-4H3. The zero-order valence-corrected chi connectivity index (χ0v) is 10.4. The lowest BCUT2D eigenvalue weighted by Crippen LogP contribution is -2.26. The topological polar surface area (TPSA) is 65.0 Å². The minimum absolute atomic E-state index is 0.00340. The van der Waals surface area contributed by atoms with E-state index in [0.29, 0.717) is 13.2 Å². The molecule has 96 valence electrons. The lowest BCUT2D eigenvalue weighted by atomic mass is 10.4. The van der Waals surface area contributed by atoms with E-state index in [4.69, 9.17) is 19.3 Å². The maximum absolute atomic E-state index is 10.6. The third kappa shape index (κ3) is 8.64. The van der Waals surface area contributed by atoms with E-state index in [0.717, 1.165) is 0 Å². The molecule has 0 bridgehead atoms. The highest BCUT2D eigenvalue weighted by atomic mass is 16.6. The molecule has 1 N–H and O–H groups in total. The Kier molecular flexibility index (Phi) is 8.15. The third-order valence-corrected chi connectivity index (χ3v) is 1.86. The zero-order valence-electron chi connectivity index (χ0n) is 10.4. The van der Waals surface area contributed by atoms with Crippen molar-refractivity contribution < 1.29 is 24.1 Å². The van der Waals surface area contributed by atoms with Gasteiger partial charge in [0, 0.05) is 6.92 Å². The van der Waals surface area contributed by atoms with Gasteiger partial charge in [0.1, 0.15) is 6.10 Å². The maximum Gasteiger partial charge on any atom is 0.302 e. The molecule has 0 heterocycles. The molecule has 0 saturated heterocycles. The van der Waals surface area contributed by atoms with Gasteiger partial charge in [-0.3, -0.25) is 4.79 Å². The predicted molar refractivity (Wildman–Crippen MR) is 59.1 cm³/mol. The van der Waals surface area contributed by atoms with Crippen LogP contribution in [0.25, 0.3) is 0 Å². The Labute approximate surface area is 96.7 Å². The summed E-state index contributed by atoms with van der Waals surface area (Å²) in [7, 11) is 0. The summed E-state index contributed by atoms with van der Waals surface area (Å²) >= 11 is 0. The van der Waals surface area contributed by atoms with E-state index < -0.39 is 0 Å². The van der Waals surface area contributed by atoms with Crippen LogP contribution in [0.1, 0.15) is 27.7 Å². The molecule has 0 fully saturated rings. The molecule has 5 nitrogen and oxygen atoms in total. The van der Waals surface area contributed by atoms with Gasteiger partial charge in [-0.1, -0.05) is 0 Å². The first-order valence-corrected chi connectivity index (χ1v) is 5.47. The minimum Gasteiger partial charge on any atom is -0.460 e. The fourth-order valence-electron chi connectivity index (χ4n) is 1.02. The number of aliphatic hydroxyl groups excluding tert-OH is 1. The van der Waals surface area contributed by atoms with Gasteiger partial charge in [0.2, 0.25) is 0 Å². The average Bonchev–Trinajstić information content (AvgIpc) is 2.22. The Bertz CT molecular complexity index is 195. The predicted octanol–water partition coefficient (Wildman–Crippen LogP) is 0.741. The number of esters is 1. The molecule has 0 saturated carbocycles. The lowest BCUT2D eigenvalue weighted by molar-refractivity contribution is -0.150. The summed E-state index contributed by atoms with van der Waals surface area (Å²) in [5.41, 5.74) is 0. The van der Waals surface area contributed by atoms with Gasteiger partial charge in [-0.15, -0.1) is 0 Å². The van der Waals surface area contributed by atoms with Gasteiger partial charge in [-0.25, -0.2) is 0 Å². The smallest absolute Gasteiger partial charge is 0.302 e. The average molecular weight is 234 g/mol. The molecule has 0 spiro atoms. The van der Waals surface area contributed by atoms with Gasteiger partial charge in [-0.2, -0.15) is 0 Å². The summed E-state index contributed by atoms with van der Waals surface area (Å²) in [5, 5.41) is 8.74. The molecular weight excluding hydrogens is 212 g/mol. The van der Waals surface area contributed by atoms with E-state index in [2.05, 4.69) is 0 Å². The summed E-state index contributed by atoms with van der Waals surface area (Å²) in [6, 6.07) is 0. The Morgan fingerprint density at radius 2 is 1.56 bits per heavy atom. The first-order chi connectivity index (χ1) is 7.45. The van der Waals surface area contributed by atoms with Gasteiger partial charge in [-0.05, 0) is 20.8 Å². The van der Waals surface area contributed by atoms with E-state index in [1.165, 1.54) is 6.92 Å². The number of carbonyl (C=O) groups excluding carboxylic acids is 1. The van der Waals surface area contributed by atoms with Crippen molar-refractivity contribution in [1.82, 2.24) is 0 Å². The van der Waals surface area contributed by atoms with Crippen LogP contribution in [0.2, 0.25) is 0 Å². The number of rotatable bonds is 8. The second-order valence-electron chi connectivity index (χ2n) is 3.89.